The highest BCUT2D eigenvalue weighted by Crippen LogP contribution is 2.26. The summed E-state index contributed by atoms with van der Waals surface area (Å²) in [5.41, 5.74) is 4.04. The largest absolute Gasteiger partial charge is 0.497 e. The van der Waals surface area contributed by atoms with E-state index in [2.05, 4.69) is 11.0 Å². The third-order valence-corrected chi connectivity index (χ3v) is 7.02. The number of methoxy groups -OCH3 is 1. The zero-order chi connectivity index (χ0) is 23.5. The van der Waals surface area contributed by atoms with Gasteiger partial charge in [0.05, 0.1) is 25.8 Å². The summed E-state index contributed by atoms with van der Waals surface area (Å²) < 4.78 is 12.9. The van der Waals surface area contributed by atoms with Crippen molar-refractivity contribution in [2.24, 2.45) is 0 Å². The molecule has 34 heavy (non-hydrogen) atoms. The lowest BCUT2D eigenvalue weighted by molar-refractivity contribution is -0.130. The van der Waals surface area contributed by atoms with Crippen molar-refractivity contribution in [2.45, 2.75) is 13.3 Å². The normalized spacial score (nSPS) is 13.9. The minimum absolute atomic E-state index is 0.154. The summed E-state index contributed by atoms with van der Waals surface area (Å²) >= 11 is 1.57. The van der Waals surface area contributed by atoms with E-state index in [9.17, 15) is 4.79 Å². The van der Waals surface area contributed by atoms with Gasteiger partial charge in [-0.1, -0.05) is 6.07 Å². The topological polar surface area (TPSA) is 59.3 Å². The smallest absolute Gasteiger partial charge is 0.228 e. The number of piperazine rings is 1. The Hall–Kier alpha value is -3.52. The molecular formula is C26H28N4O3S. The van der Waals surface area contributed by atoms with Crippen molar-refractivity contribution >= 4 is 27.9 Å². The lowest BCUT2D eigenvalue weighted by Gasteiger charge is -2.36. The van der Waals surface area contributed by atoms with Gasteiger partial charge < -0.3 is 19.3 Å². The fraction of sp³-hybridized carbons (Fsp3) is 0.308. The van der Waals surface area contributed by atoms with Crippen LogP contribution in [0.15, 0.2) is 60.1 Å². The molecule has 2 aromatic carbocycles. The second-order valence-corrected chi connectivity index (χ2v) is 9.05. The number of ether oxygens (including phenoxy) is 2. The third kappa shape index (κ3) is 4.59. The molecule has 0 radical (unpaired) electrons. The van der Waals surface area contributed by atoms with Gasteiger partial charge in [0, 0.05) is 60.8 Å². The lowest BCUT2D eigenvalue weighted by Crippen LogP contribution is -2.49. The number of carbonyl (C=O) groups is 1. The van der Waals surface area contributed by atoms with Gasteiger partial charge in [0.25, 0.3) is 0 Å². The van der Waals surface area contributed by atoms with Gasteiger partial charge in [0.1, 0.15) is 11.5 Å². The molecule has 1 aliphatic heterocycles. The first-order chi connectivity index (χ1) is 16.6. The minimum Gasteiger partial charge on any atom is -0.497 e. The Bertz CT molecular complexity index is 1270. The van der Waals surface area contributed by atoms with Crippen LogP contribution in [-0.4, -0.2) is 60.1 Å². The zero-order valence-corrected chi connectivity index (χ0v) is 20.3. The number of nitrogens with zero attached hydrogens (tertiary/aromatic N) is 4. The Kier molecular flexibility index (Phi) is 6.40. The molecule has 0 bridgehead atoms. The number of imidazole rings is 1. The average Bonchev–Trinajstić information content (AvgIpc) is 3.47. The monoisotopic (exact) mass is 476 g/mol. The summed E-state index contributed by atoms with van der Waals surface area (Å²) in [6.45, 7) is 5.67. The Morgan fingerprint density at radius 2 is 1.85 bits per heavy atom. The van der Waals surface area contributed by atoms with Crippen LogP contribution in [-0.2, 0) is 11.2 Å². The van der Waals surface area contributed by atoms with Crippen LogP contribution in [0.3, 0.4) is 0 Å². The number of carbonyl (C=O) groups excluding carboxylic acids is 1. The van der Waals surface area contributed by atoms with Crippen LogP contribution in [0.1, 0.15) is 12.6 Å². The van der Waals surface area contributed by atoms with Crippen LogP contribution >= 0.6 is 11.3 Å². The molecule has 1 fully saturated rings. The molecule has 0 spiro atoms. The second kappa shape index (κ2) is 9.77. The molecule has 7 nitrogen and oxygen atoms in total. The maximum absolute atomic E-state index is 13.1. The molecule has 0 saturated carbocycles. The van der Waals surface area contributed by atoms with Crippen LogP contribution in [0.2, 0.25) is 0 Å². The first-order valence-electron chi connectivity index (χ1n) is 11.5. The van der Waals surface area contributed by atoms with Gasteiger partial charge in [0.15, 0.2) is 4.96 Å². The van der Waals surface area contributed by atoms with Gasteiger partial charge in [-0.2, -0.15) is 0 Å². The first kappa shape index (κ1) is 22.3. The van der Waals surface area contributed by atoms with Crippen LogP contribution in [0.5, 0.6) is 11.5 Å². The van der Waals surface area contributed by atoms with E-state index in [1.807, 2.05) is 70.3 Å². The summed E-state index contributed by atoms with van der Waals surface area (Å²) in [5, 5.41) is 2.04. The van der Waals surface area contributed by atoms with Gasteiger partial charge >= 0.3 is 0 Å². The molecule has 4 aromatic rings. The van der Waals surface area contributed by atoms with E-state index in [0.29, 0.717) is 26.1 Å². The Morgan fingerprint density at radius 3 is 2.59 bits per heavy atom. The van der Waals surface area contributed by atoms with Gasteiger partial charge in [0.2, 0.25) is 5.91 Å². The van der Waals surface area contributed by atoms with E-state index < -0.39 is 0 Å². The summed E-state index contributed by atoms with van der Waals surface area (Å²) in [7, 11) is 1.68. The molecule has 3 heterocycles. The van der Waals surface area contributed by atoms with Crippen molar-refractivity contribution in [1.82, 2.24) is 14.3 Å². The zero-order valence-electron chi connectivity index (χ0n) is 19.4. The molecule has 2 aromatic heterocycles. The Morgan fingerprint density at radius 1 is 1.06 bits per heavy atom. The SMILES string of the molecule is CCOc1ccc(-c2cn3c(CC(=O)N4CCN(c5cccc(OC)c5)CC4)csc3n2)cc1. The summed E-state index contributed by atoms with van der Waals surface area (Å²) in [4.78, 5) is 23.0. The van der Waals surface area contributed by atoms with E-state index in [1.54, 1.807) is 18.4 Å². The maximum atomic E-state index is 13.1. The molecule has 0 unspecified atom stereocenters. The van der Waals surface area contributed by atoms with Crippen molar-refractivity contribution in [2.75, 3.05) is 44.8 Å². The van der Waals surface area contributed by atoms with E-state index in [0.717, 1.165) is 52.2 Å². The highest BCUT2D eigenvalue weighted by molar-refractivity contribution is 7.15. The Balaban J connectivity index is 1.23. The highest BCUT2D eigenvalue weighted by Gasteiger charge is 2.23. The number of thiazole rings is 1. The second-order valence-electron chi connectivity index (χ2n) is 8.21. The third-order valence-electron chi connectivity index (χ3n) is 6.13. The van der Waals surface area contributed by atoms with Crippen molar-refractivity contribution in [3.8, 4) is 22.8 Å². The summed E-state index contributed by atoms with van der Waals surface area (Å²) in [6, 6.07) is 16.0. The van der Waals surface area contributed by atoms with Crippen molar-refractivity contribution in [3.63, 3.8) is 0 Å². The number of benzene rings is 2. The first-order valence-corrected chi connectivity index (χ1v) is 12.4. The maximum Gasteiger partial charge on any atom is 0.228 e. The molecule has 176 valence electrons. The van der Waals surface area contributed by atoms with Crippen molar-refractivity contribution in [3.05, 3.63) is 65.8 Å². The standard InChI is InChI=1S/C26H28N4O3S/c1-3-33-22-9-7-19(8-10-22)24-17-30-21(18-34-26(30)27-24)16-25(31)29-13-11-28(12-14-29)20-5-4-6-23(15-20)32-2/h4-10,15,17-18H,3,11-14,16H2,1-2H3. The molecule has 1 saturated heterocycles. The number of rotatable bonds is 7. The van der Waals surface area contributed by atoms with Crippen molar-refractivity contribution < 1.29 is 14.3 Å². The number of aromatic nitrogens is 2. The molecule has 0 atom stereocenters. The number of amides is 1. The highest BCUT2D eigenvalue weighted by atomic mass is 32.1. The molecular weight excluding hydrogens is 448 g/mol. The van der Waals surface area contributed by atoms with Gasteiger partial charge in [-0.25, -0.2) is 4.98 Å². The number of fused-ring (bicyclic) bond motifs is 1. The molecule has 0 aliphatic carbocycles. The molecule has 1 amide bonds. The van der Waals surface area contributed by atoms with Crippen LogP contribution in [0.25, 0.3) is 16.2 Å². The van der Waals surface area contributed by atoms with Crippen LogP contribution in [0, 0.1) is 0 Å². The summed E-state index contributed by atoms with van der Waals surface area (Å²) in [6.07, 6.45) is 2.39. The predicted molar refractivity (Wildman–Crippen MR) is 135 cm³/mol. The van der Waals surface area contributed by atoms with Crippen LogP contribution in [0.4, 0.5) is 5.69 Å². The lowest BCUT2D eigenvalue weighted by atomic mass is 10.1. The van der Waals surface area contributed by atoms with E-state index >= 15 is 0 Å². The van der Waals surface area contributed by atoms with Gasteiger partial charge in [-0.05, 0) is 43.3 Å². The van der Waals surface area contributed by atoms with E-state index in [-0.39, 0.29) is 5.91 Å². The summed E-state index contributed by atoms with van der Waals surface area (Å²) in [5.74, 6) is 1.86. The molecule has 8 heteroatoms. The fourth-order valence-corrected chi connectivity index (χ4v) is 5.15. The van der Waals surface area contributed by atoms with Crippen molar-refractivity contribution in [1.29, 1.82) is 0 Å². The Labute approximate surface area is 203 Å². The molecule has 1 aliphatic rings. The van der Waals surface area contributed by atoms with Crippen LogP contribution < -0.4 is 14.4 Å². The fourth-order valence-electron chi connectivity index (χ4n) is 4.27. The van der Waals surface area contributed by atoms with E-state index in [1.165, 1.54) is 0 Å². The number of hydrogen-bond donors (Lipinski definition) is 0. The van der Waals surface area contributed by atoms with E-state index in [4.69, 9.17) is 14.5 Å². The minimum atomic E-state index is 0.154. The average molecular weight is 477 g/mol. The number of hydrogen-bond acceptors (Lipinski definition) is 6. The number of anilines is 1. The predicted octanol–water partition coefficient (Wildman–Crippen LogP) is 4.36. The molecule has 0 N–H and O–H groups in total. The van der Waals surface area contributed by atoms with Gasteiger partial charge in [-0.3, -0.25) is 9.20 Å². The molecule has 5 rings (SSSR count). The quantitative estimate of drug-likeness (QED) is 0.397. The van der Waals surface area contributed by atoms with Gasteiger partial charge in [-0.15, -0.1) is 11.3 Å².